The topological polar surface area (TPSA) is 76.4 Å². The van der Waals surface area contributed by atoms with Gasteiger partial charge in [0.2, 0.25) is 0 Å². The van der Waals surface area contributed by atoms with Crippen LogP contribution in [-0.2, 0) is 13.6 Å². The van der Waals surface area contributed by atoms with Crippen LogP contribution in [0.15, 0.2) is 35.6 Å². The summed E-state index contributed by atoms with van der Waals surface area (Å²) in [6.07, 6.45) is 2.40. The van der Waals surface area contributed by atoms with Crippen LogP contribution in [0.5, 0.6) is 5.75 Å². The minimum atomic E-state index is -0.228. The van der Waals surface area contributed by atoms with E-state index in [1.54, 1.807) is 18.1 Å². The second kappa shape index (κ2) is 8.03. The molecular formula is C17H25IN6O. The number of benzene rings is 1. The summed E-state index contributed by atoms with van der Waals surface area (Å²) in [6, 6.07) is 8.28. The summed E-state index contributed by atoms with van der Waals surface area (Å²) < 4.78 is 7.82. The van der Waals surface area contributed by atoms with Gasteiger partial charge in [-0.2, -0.15) is 5.10 Å². The molecule has 2 N–H and O–H groups in total. The van der Waals surface area contributed by atoms with Crippen LogP contribution >= 0.6 is 24.0 Å². The van der Waals surface area contributed by atoms with E-state index in [0.29, 0.717) is 6.54 Å². The van der Waals surface area contributed by atoms with Crippen LogP contribution in [0, 0.1) is 0 Å². The van der Waals surface area contributed by atoms with Crippen molar-refractivity contribution in [2.24, 2.45) is 12.0 Å². The first-order chi connectivity index (χ1) is 11.5. The quantitative estimate of drug-likeness (QED) is 0.422. The van der Waals surface area contributed by atoms with E-state index in [1.807, 2.05) is 25.2 Å². The molecule has 3 rings (SSSR count). The molecular weight excluding hydrogens is 431 g/mol. The predicted molar refractivity (Wildman–Crippen MR) is 108 cm³/mol. The summed E-state index contributed by atoms with van der Waals surface area (Å²) in [5, 5.41) is 10.9. The van der Waals surface area contributed by atoms with Crippen molar-refractivity contribution < 1.29 is 4.74 Å². The van der Waals surface area contributed by atoms with Gasteiger partial charge in [-0.05, 0) is 19.9 Å². The number of rotatable bonds is 3. The fourth-order valence-electron chi connectivity index (χ4n) is 2.93. The average Bonchev–Trinajstić information content (AvgIpc) is 2.95. The highest BCUT2D eigenvalue weighted by atomic mass is 127. The van der Waals surface area contributed by atoms with E-state index in [2.05, 4.69) is 45.6 Å². The van der Waals surface area contributed by atoms with Gasteiger partial charge in [-0.3, -0.25) is 9.67 Å². The minimum Gasteiger partial charge on any atom is -0.487 e. The predicted octanol–water partition coefficient (Wildman–Crippen LogP) is 2.40. The number of aromatic nitrogens is 3. The zero-order valence-corrected chi connectivity index (χ0v) is 17.3. The molecule has 0 fully saturated rings. The van der Waals surface area contributed by atoms with E-state index < -0.39 is 0 Å². The molecule has 0 radical (unpaired) electrons. The van der Waals surface area contributed by atoms with Gasteiger partial charge in [0.1, 0.15) is 23.5 Å². The van der Waals surface area contributed by atoms with Crippen molar-refractivity contribution in [3.63, 3.8) is 0 Å². The maximum Gasteiger partial charge on any atom is 0.191 e. The summed E-state index contributed by atoms with van der Waals surface area (Å²) in [5.41, 5.74) is 0.924. The molecule has 0 saturated heterocycles. The molecule has 8 heteroatoms. The van der Waals surface area contributed by atoms with Crippen LogP contribution in [0.25, 0.3) is 0 Å². The Bertz CT molecular complexity index is 742. The van der Waals surface area contributed by atoms with Crippen molar-refractivity contribution in [2.45, 2.75) is 38.5 Å². The highest BCUT2D eigenvalue weighted by Gasteiger charge is 2.33. The molecule has 7 nitrogen and oxygen atoms in total. The zero-order valence-electron chi connectivity index (χ0n) is 15.0. The monoisotopic (exact) mass is 456 g/mol. The van der Waals surface area contributed by atoms with Gasteiger partial charge in [0.15, 0.2) is 5.96 Å². The number of aryl methyl sites for hydroxylation is 1. The van der Waals surface area contributed by atoms with Gasteiger partial charge in [-0.1, -0.05) is 18.2 Å². The highest BCUT2D eigenvalue weighted by molar-refractivity contribution is 14.0. The van der Waals surface area contributed by atoms with Gasteiger partial charge in [0.25, 0.3) is 0 Å². The first-order valence-electron chi connectivity index (χ1n) is 8.06. The zero-order chi connectivity index (χ0) is 17.2. The maximum absolute atomic E-state index is 6.08. The van der Waals surface area contributed by atoms with Gasteiger partial charge >= 0.3 is 0 Å². The van der Waals surface area contributed by atoms with E-state index >= 15 is 0 Å². The van der Waals surface area contributed by atoms with Crippen molar-refractivity contribution in [1.82, 2.24) is 25.4 Å². The van der Waals surface area contributed by atoms with E-state index in [9.17, 15) is 0 Å². The molecule has 25 heavy (non-hydrogen) atoms. The van der Waals surface area contributed by atoms with Crippen molar-refractivity contribution in [1.29, 1.82) is 0 Å². The fourth-order valence-corrected chi connectivity index (χ4v) is 2.93. The van der Waals surface area contributed by atoms with E-state index in [1.165, 1.54) is 0 Å². The lowest BCUT2D eigenvalue weighted by atomic mass is 9.90. The normalized spacial score (nSPS) is 18.6. The maximum atomic E-state index is 6.08. The van der Waals surface area contributed by atoms with Gasteiger partial charge in [-0.15, -0.1) is 24.0 Å². The smallest absolute Gasteiger partial charge is 0.191 e. The van der Waals surface area contributed by atoms with E-state index in [-0.39, 0.29) is 35.6 Å². The largest absolute Gasteiger partial charge is 0.487 e. The van der Waals surface area contributed by atoms with E-state index in [4.69, 9.17) is 4.74 Å². The third kappa shape index (κ3) is 4.62. The van der Waals surface area contributed by atoms with Crippen LogP contribution in [0.2, 0.25) is 0 Å². The number of ether oxygens (including phenoxy) is 1. The van der Waals surface area contributed by atoms with Crippen LogP contribution in [0.1, 0.15) is 37.7 Å². The average molecular weight is 456 g/mol. The fraction of sp³-hybridized carbons (Fsp3) is 0.471. The number of fused-ring (bicyclic) bond motifs is 1. The molecule has 1 aromatic heterocycles. The highest BCUT2D eigenvalue weighted by Crippen LogP contribution is 2.39. The molecule has 1 unspecified atom stereocenters. The van der Waals surface area contributed by atoms with Crippen LogP contribution in [0.3, 0.4) is 0 Å². The Balaban J connectivity index is 0.00000225. The number of hydrogen-bond donors (Lipinski definition) is 2. The van der Waals surface area contributed by atoms with E-state index in [0.717, 1.165) is 29.5 Å². The molecule has 1 aromatic carbocycles. The number of halogens is 1. The third-order valence-electron chi connectivity index (χ3n) is 4.13. The Labute approximate surface area is 165 Å². The molecule has 0 amide bonds. The minimum absolute atomic E-state index is 0. The molecule has 136 valence electrons. The van der Waals surface area contributed by atoms with Crippen molar-refractivity contribution in [3.8, 4) is 5.75 Å². The van der Waals surface area contributed by atoms with Crippen molar-refractivity contribution in [2.75, 3.05) is 7.05 Å². The summed E-state index contributed by atoms with van der Waals surface area (Å²) in [4.78, 5) is 8.54. The molecule has 1 aliphatic rings. The van der Waals surface area contributed by atoms with Gasteiger partial charge in [0.05, 0.1) is 12.6 Å². The standard InChI is InChI=1S/C17H24N6O.HI/c1-17(2)9-13(12-7-5-6-8-14(12)24-17)22-16(18-3)19-10-15-20-11-21-23(15)4;/h5-8,11,13H,9-10H2,1-4H3,(H2,18,19,22);1H. The lowest BCUT2D eigenvalue weighted by Crippen LogP contribution is -2.45. The summed E-state index contributed by atoms with van der Waals surface area (Å²) in [7, 11) is 3.64. The second-order valence-corrected chi connectivity index (χ2v) is 6.53. The van der Waals surface area contributed by atoms with Gasteiger partial charge in [-0.25, -0.2) is 4.98 Å². The number of nitrogens with one attached hydrogen (secondary N) is 2. The SMILES string of the molecule is CN=C(NCc1ncnn1C)NC1CC(C)(C)Oc2ccccc21.I. The lowest BCUT2D eigenvalue weighted by Gasteiger charge is -2.38. The van der Waals surface area contributed by atoms with Crippen molar-refractivity contribution in [3.05, 3.63) is 42.0 Å². The van der Waals surface area contributed by atoms with Crippen LogP contribution in [-0.4, -0.2) is 33.4 Å². The third-order valence-corrected chi connectivity index (χ3v) is 4.13. The summed E-state index contributed by atoms with van der Waals surface area (Å²) >= 11 is 0. The molecule has 1 aliphatic heterocycles. The first kappa shape index (κ1) is 19.5. The molecule has 0 aliphatic carbocycles. The lowest BCUT2D eigenvalue weighted by molar-refractivity contribution is 0.0694. The number of hydrogen-bond acceptors (Lipinski definition) is 4. The second-order valence-electron chi connectivity index (χ2n) is 6.53. The molecule has 0 bridgehead atoms. The Morgan fingerprint density at radius 1 is 1.40 bits per heavy atom. The Morgan fingerprint density at radius 3 is 2.84 bits per heavy atom. The van der Waals surface area contributed by atoms with Crippen molar-refractivity contribution >= 4 is 29.9 Å². The number of para-hydroxylation sites is 1. The Kier molecular flexibility index (Phi) is 6.26. The number of guanidine groups is 1. The van der Waals surface area contributed by atoms with Gasteiger partial charge in [0, 0.05) is 26.1 Å². The summed E-state index contributed by atoms with van der Waals surface area (Å²) in [6.45, 7) is 4.77. The Hall–Kier alpha value is -1.84. The summed E-state index contributed by atoms with van der Waals surface area (Å²) in [5.74, 6) is 2.51. The van der Waals surface area contributed by atoms with Gasteiger partial charge < -0.3 is 15.4 Å². The van der Waals surface area contributed by atoms with Crippen LogP contribution < -0.4 is 15.4 Å². The molecule has 0 saturated carbocycles. The molecule has 2 aromatic rings. The van der Waals surface area contributed by atoms with Crippen LogP contribution in [0.4, 0.5) is 0 Å². The molecule has 2 heterocycles. The number of nitrogens with zero attached hydrogens (tertiary/aromatic N) is 4. The first-order valence-corrected chi connectivity index (χ1v) is 8.06. The number of aliphatic imine (C=N–C) groups is 1. The Morgan fingerprint density at radius 2 is 2.16 bits per heavy atom. The molecule has 1 atom stereocenters. The molecule has 0 spiro atoms.